The molecule has 0 unspecified atom stereocenters. The third kappa shape index (κ3) is 2.22. The molecule has 2 aromatic rings. The number of H-pyrrole nitrogens is 1. The van der Waals surface area contributed by atoms with Crippen molar-refractivity contribution in [3.8, 4) is 5.75 Å². The van der Waals surface area contributed by atoms with Crippen LogP contribution in [0.5, 0.6) is 5.75 Å². The van der Waals surface area contributed by atoms with Crippen LogP contribution in [0.15, 0.2) is 34.1 Å². The van der Waals surface area contributed by atoms with Gasteiger partial charge in [-0.25, -0.2) is 12.7 Å². The van der Waals surface area contributed by atoms with Gasteiger partial charge in [0.25, 0.3) is 0 Å². The van der Waals surface area contributed by atoms with Crippen molar-refractivity contribution in [2.75, 3.05) is 21.2 Å². The number of ether oxygens (including phenoxy) is 1. The van der Waals surface area contributed by atoms with Crippen molar-refractivity contribution in [1.29, 1.82) is 0 Å². The number of sulfonamides is 1. The normalized spacial score (nSPS) is 12.0. The Morgan fingerprint density at radius 1 is 1.26 bits per heavy atom. The molecule has 0 atom stereocenters. The highest BCUT2D eigenvalue weighted by atomic mass is 32.2. The molecule has 6 nitrogen and oxygen atoms in total. The summed E-state index contributed by atoms with van der Waals surface area (Å²) in [5.41, 5.74) is 0.0184. The maximum atomic E-state index is 12.3. The molecular weight excluding hydrogens is 268 g/mol. The molecule has 0 saturated carbocycles. The van der Waals surface area contributed by atoms with Crippen LogP contribution < -0.4 is 10.2 Å². The predicted octanol–water partition coefficient (Wildman–Crippen LogP) is 0.787. The molecule has 0 saturated heterocycles. The van der Waals surface area contributed by atoms with Crippen molar-refractivity contribution >= 4 is 20.9 Å². The Morgan fingerprint density at radius 2 is 1.95 bits per heavy atom. The average molecular weight is 282 g/mol. The van der Waals surface area contributed by atoms with E-state index in [1.165, 1.54) is 33.5 Å². The van der Waals surface area contributed by atoms with Gasteiger partial charge in [-0.3, -0.25) is 4.79 Å². The van der Waals surface area contributed by atoms with Crippen molar-refractivity contribution in [2.24, 2.45) is 0 Å². The zero-order chi connectivity index (χ0) is 14.2. The molecule has 102 valence electrons. The molecule has 1 aromatic heterocycles. The van der Waals surface area contributed by atoms with E-state index in [-0.39, 0.29) is 10.3 Å². The number of rotatable bonds is 3. The summed E-state index contributed by atoms with van der Waals surface area (Å²) in [6, 6.07) is 4.88. The summed E-state index contributed by atoms with van der Waals surface area (Å²) in [5.74, 6) is 0.498. The highest BCUT2D eigenvalue weighted by Crippen LogP contribution is 2.18. The standard InChI is InChI=1S/C12H14N2O4S/c1-14(2)19(16,17)11-7-13-10-5-4-8(18-3)6-9(10)12(11)15/h4-7H,1-3H3,(H,13,15). The number of aromatic nitrogens is 1. The Kier molecular flexibility index (Phi) is 3.34. The number of fused-ring (bicyclic) bond motifs is 1. The minimum absolute atomic E-state index is 0.279. The van der Waals surface area contributed by atoms with Gasteiger partial charge in [0, 0.05) is 25.8 Å². The van der Waals surface area contributed by atoms with Crippen molar-refractivity contribution in [3.63, 3.8) is 0 Å². The average Bonchev–Trinajstić information content (AvgIpc) is 2.38. The number of benzene rings is 1. The Balaban J connectivity index is 2.80. The van der Waals surface area contributed by atoms with Crippen LogP contribution in [-0.4, -0.2) is 38.9 Å². The SMILES string of the molecule is COc1ccc2[nH]cc(S(=O)(=O)N(C)C)c(=O)c2c1. The Hall–Kier alpha value is -1.86. The topological polar surface area (TPSA) is 79.5 Å². The summed E-state index contributed by atoms with van der Waals surface area (Å²) in [6.45, 7) is 0. The second kappa shape index (κ2) is 4.67. The fraction of sp³-hybridized carbons (Fsp3) is 0.250. The predicted molar refractivity (Wildman–Crippen MR) is 72.0 cm³/mol. The number of hydrogen-bond donors (Lipinski definition) is 1. The zero-order valence-corrected chi connectivity index (χ0v) is 11.6. The van der Waals surface area contributed by atoms with Crippen LogP contribution in [0.25, 0.3) is 10.9 Å². The van der Waals surface area contributed by atoms with Crippen LogP contribution in [0.2, 0.25) is 0 Å². The molecule has 1 heterocycles. The fourth-order valence-corrected chi connectivity index (χ4v) is 2.64. The molecule has 7 heteroatoms. The van der Waals surface area contributed by atoms with Gasteiger partial charge < -0.3 is 9.72 Å². The molecule has 0 aliphatic carbocycles. The minimum Gasteiger partial charge on any atom is -0.497 e. The largest absolute Gasteiger partial charge is 0.497 e. The summed E-state index contributed by atoms with van der Waals surface area (Å²) in [7, 11) is 0.471. The van der Waals surface area contributed by atoms with E-state index in [0.29, 0.717) is 11.3 Å². The molecule has 0 aliphatic heterocycles. The van der Waals surface area contributed by atoms with Gasteiger partial charge in [-0.15, -0.1) is 0 Å². The number of pyridine rings is 1. The van der Waals surface area contributed by atoms with E-state index in [9.17, 15) is 13.2 Å². The fourth-order valence-electron chi connectivity index (χ4n) is 1.69. The lowest BCUT2D eigenvalue weighted by Gasteiger charge is -2.11. The smallest absolute Gasteiger partial charge is 0.247 e. The van der Waals surface area contributed by atoms with E-state index in [1.54, 1.807) is 12.1 Å². The first-order valence-corrected chi connectivity index (χ1v) is 6.94. The molecule has 0 spiro atoms. The Bertz CT molecular complexity index is 778. The second-order valence-corrected chi connectivity index (χ2v) is 6.30. The molecule has 1 N–H and O–H groups in total. The summed E-state index contributed by atoms with van der Waals surface area (Å²) in [4.78, 5) is 14.8. The van der Waals surface area contributed by atoms with Crippen molar-refractivity contribution in [2.45, 2.75) is 4.90 Å². The number of nitrogens with zero attached hydrogens (tertiary/aromatic N) is 1. The second-order valence-electron chi connectivity index (χ2n) is 4.18. The maximum Gasteiger partial charge on any atom is 0.247 e. The molecule has 19 heavy (non-hydrogen) atoms. The molecular formula is C12H14N2O4S. The highest BCUT2D eigenvalue weighted by Gasteiger charge is 2.22. The van der Waals surface area contributed by atoms with Crippen LogP contribution in [0.1, 0.15) is 0 Å². The van der Waals surface area contributed by atoms with E-state index in [0.717, 1.165) is 4.31 Å². The molecule has 0 amide bonds. The lowest BCUT2D eigenvalue weighted by atomic mass is 10.2. The zero-order valence-electron chi connectivity index (χ0n) is 10.8. The Labute approximate surface area is 110 Å². The number of methoxy groups -OCH3 is 1. The van der Waals surface area contributed by atoms with Gasteiger partial charge in [0.15, 0.2) is 0 Å². The number of aromatic amines is 1. The monoisotopic (exact) mass is 282 g/mol. The van der Waals surface area contributed by atoms with Gasteiger partial charge in [-0.1, -0.05) is 0 Å². The molecule has 0 radical (unpaired) electrons. The van der Waals surface area contributed by atoms with Crippen LogP contribution in [0.3, 0.4) is 0 Å². The third-order valence-corrected chi connectivity index (χ3v) is 4.63. The van der Waals surface area contributed by atoms with Crippen LogP contribution in [0.4, 0.5) is 0 Å². The first kappa shape index (κ1) is 13.6. The highest BCUT2D eigenvalue weighted by molar-refractivity contribution is 7.89. The van der Waals surface area contributed by atoms with Crippen molar-refractivity contribution in [3.05, 3.63) is 34.6 Å². The summed E-state index contributed by atoms with van der Waals surface area (Å²) >= 11 is 0. The van der Waals surface area contributed by atoms with Crippen LogP contribution >= 0.6 is 0 Å². The van der Waals surface area contributed by atoms with Crippen molar-refractivity contribution in [1.82, 2.24) is 9.29 Å². The van der Waals surface area contributed by atoms with Crippen molar-refractivity contribution < 1.29 is 13.2 Å². The number of hydrogen-bond acceptors (Lipinski definition) is 4. The van der Waals surface area contributed by atoms with E-state index < -0.39 is 15.5 Å². The lowest BCUT2D eigenvalue weighted by molar-refractivity contribution is 0.415. The van der Waals surface area contributed by atoms with Gasteiger partial charge in [0.1, 0.15) is 10.6 Å². The summed E-state index contributed by atoms with van der Waals surface area (Å²) in [6.07, 6.45) is 1.21. The van der Waals surface area contributed by atoms with Gasteiger partial charge in [0.05, 0.1) is 12.5 Å². The van der Waals surface area contributed by atoms with E-state index >= 15 is 0 Å². The van der Waals surface area contributed by atoms with Gasteiger partial charge in [0.2, 0.25) is 15.5 Å². The quantitative estimate of drug-likeness (QED) is 0.902. The molecule has 0 aliphatic rings. The third-order valence-electron chi connectivity index (χ3n) is 2.81. The van der Waals surface area contributed by atoms with Gasteiger partial charge in [-0.2, -0.15) is 0 Å². The first-order chi connectivity index (χ1) is 8.87. The summed E-state index contributed by atoms with van der Waals surface area (Å²) < 4.78 is 30.1. The molecule has 2 rings (SSSR count). The van der Waals surface area contributed by atoms with Gasteiger partial charge in [-0.05, 0) is 18.2 Å². The van der Waals surface area contributed by atoms with Crippen LogP contribution in [0, 0.1) is 0 Å². The number of nitrogens with one attached hydrogen (secondary N) is 1. The lowest BCUT2D eigenvalue weighted by Crippen LogP contribution is -2.27. The van der Waals surface area contributed by atoms with Gasteiger partial charge >= 0.3 is 0 Å². The Morgan fingerprint density at radius 3 is 2.53 bits per heavy atom. The molecule has 0 bridgehead atoms. The van der Waals surface area contributed by atoms with E-state index in [4.69, 9.17) is 4.74 Å². The van der Waals surface area contributed by atoms with E-state index in [1.807, 2.05) is 0 Å². The first-order valence-electron chi connectivity index (χ1n) is 5.50. The van der Waals surface area contributed by atoms with E-state index in [2.05, 4.69) is 4.98 Å². The molecule has 0 fully saturated rings. The molecule has 1 aromatic carbocycles. The summed E-state index contributed by atoms with van der Waals surface area (Å²) in [5, 5.41) is 0.280. The van der Waals surface area contributed by atoms with Crippen LogP contribution in [-0.2, 0) is 10.0 Å². The minimum atomic E-state index is -3.77. The maximum absolute atomic E-state index is 12.3.